The van der Waals surface area contributed by atoms with Gasteiger partial charge in [0.2, 0.25) is 0 Å². The highest BCUT2D eigenvalue weighted by molar-refractivity contribution is 5.94. The van der Waals surface area contributed by atoms with E-state index in [1.165, 1.54) is 6.33 Å². The number of esters is 1. The van der Waals surface area contributed by atoms with Gasteiger partial charge in [-0.3, -0.25) is 14.7 Å². The van der Waals surface area contributed by atoms with Crippen LogP contribution in [0.5, 0.6) is 0 Å². The summed E-state index contributed by atoms with van der Waals surface area (Å²) in [5, 5.41) is 6.49. The van der Waals surface area contributed by atoms with Crippen molar-refractivity contribution in [2.45, 2.75) is 38.7 Å². The molecule has 7 heteroatoms. The standard InChI is InChI=1S/C18H22N4O3/c1-13(23)14-2-4-15(5-3-14)22-10-8-16(9-11-22)25-18(24)7-6-17-19-12-20-21-17/h2-5,12,16H,6-11H2,1H3,(H,19,20,21). The Morgan fingerprint density at radius 1 is 1.24 bits per heavy atom. The highest BCUT2D eigenvalue weighted by Crippen LogP contribution is 2.22. The molecule has 0 aliphatic carbocycles. The lowest BCUT2D eigenvalue weighted by Crippen LogP contribution is -2.37. The number of benzene rings is 1. The molecule has 7 nitrogen and oxygen atoms in total. The molecule has 0 atom stereocenters. The Kier molecular flexibility index (Phi) is 5.42. The van der Waals surface area contributed by atoms with Crippen LogP contribution in [-0.2, 0) is 16.0 Å². The minimum absolute atomic E-state index is 0.0324. The predicted molar refractivity (Wildman–Crippen MR) is 92.5 cm³/mol. The van der Waals surface area contributed by atoms with Crippen LogP contribution in [0.15, 0.2) is 30.6 Å². The maximum atomic E-state index is 11.9. The monoisotopic (exact) mass is 342 g/mol. The zero-order valence-electron chi connectivity index (χ0n) is 14.3. The quantitative estimate of drug-likeness (QED) is 0.639. The van der Waals surface area contributed by atoms with Crippen molar-refractivity contribution in [2.24, 2.45) is 0 Å². The molecule has 2 aromatic rings. The van der Waals surface area contributed by atoms with E-state index in [9.17, 15) is 9.59 Å². The van der Waals surface area contributed by atoms with Crippen LogP contribution in [-0.4, -0.2) is 46.1 Å². The summed E-state index contributed by atoms with van der Waals surface area (Å²) < 4.78 is 5.55. The van der Waals surface area contributed by atoms with Gasteiger partial charge in [-0.1, -0.05) is 0 Å². The number of ketones is 1. The van der Waals surface area contributed by atoms with E-state index in [4.69, 9.17) is 4.74 Å². The van der Waals surface area contributed by atoms with Gasteiger partial charge in [-0.15, -0.1) is 0 Å². The van der Waals surface area contributed by atoms with Crippen LogP contribution in [0.2, 0.25) is 0 Å². The second-order valence-electron chi connectivity index (χ2n) is 6.21. The number of nitrogens with one attached hydrogen (secondary N) is 1. The number of piperidine rings is 1. The molecule has 1 aromatic heterocycles. The van der Waals surface area contributed by atoms with Crippen molar-refractivity contribution in [3.05, 3.63) is 42.0 Å². The molecular formula is C18H22N4O3. The average Bonchev–Trinajstić information content (AvgIpc) is 3.14. The molecule has 1 aliphatic heterocycles. The molecule has 0 amide bonds. The maximum Gasteiger partial charge on any atom is 0.306 e. The van der Waals surface area contributed by atoms with E-state index in [0.717, 1.165) is 37.2 Å². The first-order valence-electron chi connectivity index (χ1n) is 8.51. The van der Waals surface area contributed by atoms with E-state index in [-0.39, 0.29) is 17.9 Å². The zero-order chi connectivity index (χ0) is 17.6. The fraction of sp³-hybridized carbons (Fsp3) is 0.444. The molecule has 1 saturated heterocycles. The van der Waals surface area contributed by atoms with Crippen molar-refractivity contribution >= 4 is 17.4 Å². The number of carbonyl (C=O) groups excluding carboxylic acids is 2. The van der Waals surface area contributed by atoms with E-state index < -0.39 is 0 Å². The molecule has 0 radical (unpaired) electrons. The Hall–Kier alpha value is -2.70. The summed E-state index contributed by atoms with van der Waals surface area (Å²) in [7, 11) is 0. The molecule has 3 rings (SSSR count). The van der Waals surface area contributed by atoms with Crippen LogP contribution in [0.3, 0.4) is 0 Å². The molecule has 1 fully saturated rings. The number of Topliss-reactive ketones (excluding diaryl/α,β-unsaturated/α-hetero) is 1. The topological polar surface area (TPSA) is 88.2 Å². The van der Waals surface area contributed by atoms with E-state index in [1.54, 1.807) is 6.92 Å². The van der Waals surface area contributed by atoms with Gasteiger partial charge < -0.3 is 9.64 Å². The Bertz CT molecular complexity index is 704. The summed E-state index contributed by atoms with van der Waals surface area (Å²) in [6.45, 7) is 3.23. The summed E-state index contributed by atoms with van der Waals surface area (Å²) in [6, 6.07) is 7.65. The van der Waals surface area contributed by atoms with Crippen LogP contribution >= 0.6 is 0 Å². The fourth-order valence-electron chi connectivity index (χ4n) is 2.96. The van der Waals surface area contributed by atoms with Crippen LogP contribution < -0.4 is 4.90 Å². The third-order valence-corrected chi connectivity index (χ3v) is 4.41. The number of aromatic amines is 1. The summed E-state index contributed by atoms with van der Waals surface area (Å²) >= 11 is 0. The van der Waals surface area contributed by atoms with Crippen LogP contribution in [0.25, 0.3) is 0 Å². The summed E-state index contributed by atoms with van der Waals surface area (Å²) in [5.74, 6) is 0.573. The van der Waals surface area contributed by atoms with Crippen molar-refractivity contribution in [3.63, 3.8) is 0 Å². The van der Waals surface area contributed by atoms with Gasteiger partial charge in [0.15, 0.2) is 5.78 Å². The first kappa shape index (κ1) is 17.1. The Labute approximate surface area is 146 Å². The summed E-state index contributed by atoms with van der Waals surface area (Å²) in [6.07, 6.45) is 3.84. The first-order valence-corrected chi connectivity index (χ1v) is 8.51. The minimum Gasteiger partial charge on any atom is -0.462 e. The van der Waals surface area contributed by atoms with Gasteiger partial charge in [0, 0.05) is 43.6 Å². The van der Waals surface area contributed by atoms with Crippen molar-refractivity contribution in [1.29, 1.82) is 0 Å². The molecule has 0 bridgehead atoms. The Balaban J connectivity index is 1.43. The smallest absolute Gasteiger partial charge is 0.306 e. The van der Waals surface area contributed by atoms with Crippen molar-refractivity contribution in [1.82, 2.24) is 15.2 Å². The SMILES string of the molecule is CC(=O)c1ccc(N2CCC(OC(=O)CCc3ncn[nH]3)CC2)cc1. The summed E-state index contributed by atoms with van der Waals surface area (Å²) in [5.41, 5.74) is 1.82. The molecule has 0 spiro atoms. The Morgan fingerprint density at radius 2 is 1.96 bits per heavy atom. The van der Waals surface area contributed by atoms with Gasteiger partial charge in [0.25, 0.3) is 0 Å². The molecule has 2 heterocycles. The number of anilines is 1. The summed E-state index contributed by atoms with van der Waals surface area (Å²) in [4.78, 5) is 29.5. The number of hydrogen-bond acceptors (Lipinski definition) is 6. The number of nitrogens with zero attached hydrogens (tertiary/aromatic N) is 3. The molecule has 0 unspecified atom stereocenters. The normalized spacial score (nSPS) is 15.2. The second-order valence-corrected chi connectivity index (χ2v) is 6.21. The van der Waals surface area contributed by atoms with Gasteiger partial charge >= 0.3 is 5.97 Å². The van der Waals surface area contributed by atoms with Crippen molar-refractivity contribution in [3.8, 4) is 0 Å². The van der Waals surface area contributed by atoms with E-state index in [2.05, 4.69) is 20.1 Å². The van der Waals surface area contributed by atoms with Gasteiger partial charge in [0.05, 0.1) is 6.42 Å². The van der Waals surface area contributed by atoms with Gasteiger partial charge in [-0.2, -0.15) is 5.10 Å². The molecular weight excluding hydrogens is 320 g/mol. The van der Waals surface area contributed by atoms with Crippen molar-refractivity contribution in [2.75, 3.05) is 18.0 Å². The number of rotatable bonds is 6. The molecule has 1 aromatic carbocycles. The fourth-order valence-corrected chi connectivity index (χ4v) is 2.96. The maximum absolute atomic E-state index is 11.9. The second kappa shape index (κ2) is 7.92. The van der Waals surface area contributed by atoms with Crippen molar-refractivity contribution < 1.29 is 14.3 Å². The number of ether oxygens (including phenoxy) is 1. The first-order chi connectivity index (χ1) is 12.1. The lowest BCUT2D eigenvalue weighted by atomic mass is 10.1. The van der Waals surface area contributed by atoms with E-state index in [0.29, 0.717) is 18.7 Å². The van der Waals surface area contributed by atoms with Gasteiger partial charge in [0.1, 0.15) is 18.3 Å². The van der Waals surface area contributed by atoms with Crippen LogP contribution in [0.4, 0.5) is 5.69 Å². The number of aryl methyl sites for hydroxylation is 1. The van der Waals surface area contributed by atoms with Gasteiger partial charge in [-0.05, 0) is 31.2 Å². The third kappa shape index (κ3) is 4.65. The largest absolute Gasteiger partial charge is 0.462 e. The zero-order valence-corrected chi connectivity index (χ0v) is 14.3. The van der Waals surface area contributed by atoms with E-state index >= 15 is 0 Å². The third-order valence-electron chi connectivity index (χ3n) is 4.41. The molecule has 132 valence electrons. The number of hydrogen-bond donors (Lipinski definition) is 1. The van der Waals surface area contributed by atoms with Crippen LogP contribution in [0.1, 0.15) is 42.4 Å². The molecule has 1 N–H and O–H groups in total. The lowest BCUT2D eigenvalue weighted by Gasteiger charge is -2.33. The highest BCUT2D eigenvalue weighted by Gasteiger charge is 2.22. The minimum atomic E-state index is -0.194. The average molecular weight is 342 g/mol. The Morgan fingerprint density at radius 3 is 2.56 bits per heavy atom. The lowest BCUT2D eigenvalue weighted by molar-refractivity contribution is -0.149. The van der Waals surface area contributed by atoms with Crippen LogP contribution in [0, 0.1) is 0 Å². The molecule has 1 aliphatic rings. The van der Waals surface area contributed by atoms with E-state index in [1.807, 2.05) is 24.3 Å². The number of H-pyrrole nitrogens is 1. The molecule has 25 heavy (non-hydrogen) atoms. The highest BCUT2D eigenvalue weighted by atomic mass is 16.5. The van der Waals surface area contributed by atoms with Gasteiger partial charge in [-0.25, -0.2) is 4.98 Å². The number of aromatic nitrogens is 3. The number of carbonyl (C=O) groups is 2. The molecule has 0 saturated carbocycles. The predicted octanol–water partition coefficient (Wildman–Crippen LogP) is 2.15.